The van der Waals surface area contributed by atoms with Gasteiger partial charge in [0.2, 0.25) is 0 Å². The molecule has 136 valence electrons. The summed E-state index contributed by atoms with van der Waals surface area (Å²) in [5, 5.41) is 22.1. The number of aliphatic hydroxyl groups is 1. The number of hydrogen-bond donors (Lipinski definition) is 3. The molecule has 1 amide bonds. The van der Waals surface area contributed by atoms with E-state index >= 15 is 0 Å². The van der Waals surface area contributed by atoms with Crippen molar-refractivity contribution in [3.63, 3.8) is 0 Å². The van der Waals surface area contributed by atoms with E-state index in [-0.39, 0.29) is 0 Å². The predicted molar refractivity (Wildman–Crippen MR) is 97.0 cm³/mol. The van der Waals surface area contributed by atoms with Gasteiger partial charge in [-0.1, -0.05) is 58.0 Å². The zero-order valence-corrected chi connectivity index (χ0v) is 15.3. The normalized spacial score (nSPS) is 14.2. The van der Waals surface area contributed by atoms with E-state index in [1.54, 1.807) is 0 Å². The van der Waals surface area contributed by atoms with Crippen LogP contribution >= 0.6 is 0 Å². The van der Waals surface area contributed by atoms with Crippen molar-refractivity contribution in [2.75, 3.05) is 13.1 Å². The first-order valence-corrected chi connectivity index (χ1v) is 8.71. The first-order valence-electron chi connectivity index (χ1n) is 8.71. The molecule has 0 aliphatic heterocycles. The highest BCUT2D eigenvalue weighted by molar-refractivity contribution is 5.64. The monoisotopic (exact) mass is 336 g/mol. The molecular weight excluding hydrogens is 304 g/mol. The van der Waals surface area contributed by atoms with Gasteiger partial charge in [0.25, 0.3) is 0 Å². The van der Waals surface area contributed by atoms with Crippen LogP contribution in [-0.2, 0) is 6.54 Å². The van der Waals surface area contributed by atoms with Gasteiger partial charge in [-0.2, -0.15) is 0 Å². The number of aliphatic hydroxyl groups excluding tert-OH is 1. The Balaban J connectivity index is 2.76. The maximum atomic E-state index is 11.0. The Kier molecular flexibility index (Phi) is 8.79. The molecule has 0 aliphatic carbocycles. The van der Waals surface area contributed by atoms with E-state index in [2.05, 4.69) is 36.2 Å². The molecule has 0 bridgehead atoms. The van der Waals surface area contributed by atoms with Crippen molar-refractivity contribution < 1.29 is 15.0 Å². The summed E-state index contributed by atoms with van der Waals surface area (Å²) in [4.78, 5) is 13.2. The summed E-state index contributed by atoms with van der Waals surface area (Å²) >= 11 is 0. The van der Waals surface area contributed by atoms with Gasteiger partial charge in [0.05, 0.1) is 12.1 Å². The van der Waals surface area contributed by atoms with Crippen molar-refractivity contribution in [1.29, 1.82) is 0 Å². The summed E-state index contributed by atoms with van der Waals surface area (Å²) in [5.41, 5.74) is 1.19. The van der Waals surface area contributed by atoms with E-state index in [9.17, 15) is 9.90 Å². The average molecular weight is 336 g/mol. The molecule has 24 heavy (non-hydrogen) atoms. The van der Waals surface area contributed by atoms with Gasteiger partial charge in [-0.3, -0.25) is 4.90 Å². The van der Waals surface area contributed by atoms with Crippen molar-refractivity contribution in [2.24, 2.45) is 11.8 Å². The SMILES string of the molecule is CC(C)CC(NC(=O)O)[C@@H](O)CN(Cc1ccccc1)CC(C)C. The fourth-order valence-electron chi connectivity index (χ4n) is 2.93. The molecule has 0 aromatic heterocycles. The number of rotatable bonds is 10. The average Bonchev–Trinajstić information content (AvgIpc) is 2.45. The largest absolute Gasteiger partial charge is 0.465 e. The van der Waals surface area contributed by atoms with Crippen molar-refractivity contribution in [3.05, 3.63) is 35.9 Å². The van der Waals surface area contributed by atoms with Gasteiger partial charge in [0, 0.05) is 19.6 Å². The lowest BCUT2D eigenvalue weighted by Gasteiger charge is -2.31. The minimum Gasteiger partial charge on any atom is -0.465 e. The molecular formula is C19H32N2O3. The van der Waals surface area contributed by atoms with E-state index in [0.29, 0.717) is 24.8 Å². The number of carboxylic acid groups (broad SMARTS) is 1. The molecule has 1 unspecified atom stereocenters. The molecule has 0 radical (unpaired) electrons. The van der Waals surface area contributed by atoms with E-state index in [1.807, 2.05) is 32.0 Å². The number of carbonyl (C=O) groups is 1. The number of nitrogens with one attached hydrogen (secondary N) is 1. The van der Waals surface area contributed by atoms with Gasteiger partial charge in [-0.25, -0.2) is 4.79 Å². The van der Waals surface area contributed by atoms with Crippen LogP contribution in [-0.4, -0.2) is 46.4 Å². The second-order valence-corrected chi connectivity index (χ2v) is 7.33. The van der Waals surface area contributed by atoms with Crippen LogP contribution in [0, 0.1) is 11.8 Å². The fraction of sp³-hybridized carbons (Fsp3) is 0.632. The lowest BCUT2D eigenvalue weighted by molar-refractivity contribution is 0.0636. The van der Waals surface area contributed by atoms with Crippen molar-refractivity contribution in [2.45, 2.75) is 52.8 Å². The van der Waals surface area contributed by atoms with Gasteiger partial charge in [-0.15, -0.1) is 0 Å². The molecule has 1 aromatic carbocycles. The number of hydrogen-bond acceptors (Lipinski definition) is 3. The Labute approximate surface area is 145 Å². The second-order valence-electron chi connectivity index (χ2n) is 7.33. The van der Waals surface area contributed by atoms with Crippen LogP contribution in [0.4, 0.5) is 4.79 Å². The van der Waals surface area contributed by atoms with Crippen molar-refractivity contribution in [1.82, 2.24) is 10.2 Å². The summed E-state index contributed by atoms with van der Waals surface area (Å²) in [6.45, 7) is 10.4. The Bertz CT molecular complexity index is 477. The molecule has 5 heteroatoms. The maximum Gasteiger partial charge on any atom is 0.404 e. The quantitative estimate of drug-likeness (QED) is 0.613. The van der Waals surface area contributed by atoms with Crippen LogP contribution in [0.25, 0.3) is 0 Å². The number of nitrogens with zero attached hydrogens (tertiary/aromatic N) is 1. The molecule has 0 saturated heterocycles. The predicted octanol–water partition coefficient (Wildman–Crippen LogP) is 3.19. The Morgan fingerprint density at radius 1 is 1.08 bits per heavy atom. The van der Waals surface area contributed by atoms with Crippen LogP contribution in [0.2, 0.25) is 0 Å². The fourth-order valence-corrected chi connectivity index (χ4v) is 2.93. The smallest absolute Gasteiger partial charge is 0.404 e. The highest BCUT2D eigenvalue weighted by Crippen LogP contribution is 2.13. The van der Waals surface area contributed by atoms with Crippen molar-refractivity contribution >= 4 is 6.09 Å². The first-order chi connectivity index (χ1) is 11.3. The summed E-state index contributed by atoms with van der Waals surface area (Å²) in [5.74, 6) is 0.779. The third-order valence-electron chi connectivity index (χ3n) is 3.82. The van der Waals surface area contributed by atoms with Crippen LogP contribution < -0.4 is 5.32 Å². The third-order valence-corrected chi connectivity index (χ3v) is 3.82. The molecule has 1 rings (SSSR count). The molecule has 0 fully saturated rings. The van der Waals surface area contributed by atoms with Gasteiger partial charge < -0.3 is 15.5 Å². The Morgan fingerprint density at radius 2 is 1.71 bits per heavy atom. The minimum absolute atomic E-state index is 0.309. The highest BCUT2D eigenvalue weighted by Gasteiger charge is 2.24. The molecule has 0 aliphatic rings. The topological polar surface area (TPSA) is 72.8 Å². The second kappa shape index (κ2) is 10.3. The Morgan fingerprint density at radius 3 is 2.21 bits per heavy atom. The Hall–Kier alpha value is -1.59. The number of benzene rings is 1. The van der Waals surface area contributed by atoms with Gasteiger partial charge in [-0.05, 0) is 23.8 Å². The third kappa shape index (κ3) is 8.31. The zero-order valence-electron chi connectivity index (χ0n) is 15.3. The molecule has 0 heterocycles. The molecule has 3 N–H and O–H groups in total. The number of amides is 1. The highest BCUT2D eigenvalue weighted by atomic mass is 16.4. The van der Waals surface area contributed by atoms with E-state index in [1.165, 1.54) is 5.56 Å². The molecule has 1 aromatic rings. The van der Waals surface area contributed by atoms with Gasteiger partial charge in [0.15, 0.2) is 0 Å². The molecule has 0 saturated carbocycles. The van der Waals surface area contributed by atoms with Crippen molar-refractivity contribution in [3.8, 4) is 0 Å². The van der Waals surface area contributed by atoms with E-state index < -0.39 is 18.2 Å². The molecule has 5 nitrogen and oxygen atoms in total. The molecule has 2 atom stereocenters. The van der Waals surface area contributed by atoms with E-state index in [4.69, 9.17) is 5.11 Å². The lowest BCUT2D eigenvalue weighted by atomic mass is 9.98. The maximum absolute atomic E-state index is 11.0. The van der Waals surface area contributed by atoms with Crippen LogP contribution in [0.3, 0.4) is 0 Å². The van der Waals surface area contributed by atoms with Crippen LogP contribution in [0.1, 0.15) is 39.7 Å². The summed E-state index contributed by atoms with van der Waals surface area (Å²) < 4.78 is 0. The van der Waals surface area contributed by atoms with Gasteiger partial charge >= 0.3 is 6.09 Å². The van der Waals surface area contributed by atoms with Gasteiger partial charge in [0.1, 0.15) is 0 Å². The van der Waals surface area contributed by atoms with Crippen LogP contribution in [0.15, 0.2) is 30.3 Å². The lowest BCUT2D eigenvalue weighted by Crippen LogP contribution is -2.49. The first kappa shape index (κ1) is 20.5. The van der Waals surface area contributed by atoms with E-state index in [0.717, 1.165) is 13.1 Å². The standard InChI is InChI=1S/C19H32N2O3/c1-14(2)10-17(20-19(23)24)18(22)13-21(11-15(3)4)12-16-8-6-5-7-9-16/h5-9,14-15,17-18,20,22H,10-13H2,1-4H3,(H,23,24)/t17?,18-/m0/s1. The van der Waals surface area contributed by atoms with Crippen LogP contribution in [0.5, 0.6) is 0 Å². The minimum atomic E-state index is -1.09. The molecule has 0 spiro atoms. The summed E-state index contributed by atoms with van der Waals surface area (Å²) in [6.07, 6.45) is -1.20. The zero-order chi connectivity index (χ0) is 18.1. The summed E-state index contributed by atoms with van der Waals surface area (Å²) in [7, 11) is 0. The summed E-state index contributed by atoms with van der Waals surface area (Å²) in [6, 6.07) is 9.69.